The number of hydrogen-bond acceptors (Lipinski definition) is 2. The van der Waals surface area contributed by atoms with E-state index in [1.807, 2.05) is 7.05 Å². The fourth-order valence-electron chi connectivity index (χ4n) is 1.91. The SMILES string of the molecule is CN1CCC(C(C)(F)CCN)C1. The molecule has 2 N–H and O–H groups in total. The van der Waals surface area contributed by atoms with Gasteiger partial charge in [-0.25, -0.2) is 4.39 Å². The fraction of sp³-hybridized carbons (Fsp3) is 1.00. The average molecular weight is 174 g/mol. The molecule has 0 aromatic rings. The minimum atomic E-state index is -1.06. The van der Waals surface area contributed by atoms with Crippen LogP contribution in [0.3, 0.4) is 0 Å². The normalized spacial score (nSPS) is 30.5. The topological polar surface area (TPSA) is 29.3 Å². The first kappa shape index (κ1) is 9.93. The molecule has 0 saturated carbocycles. The lowest BCUT2D eigenvalue weighted by molar-refractivity contribution is 0.0990. The Balaban J connectivity index is 2.45. The summed E-state index contributed by atoms with van der Waals surface area (Å²) in [4.78, 5) is 2.18. The van der Waals surface area contributed by atoms with E-state index in [-0.39, 0.29) is 5.92 Å². The third kappa shape index (κ3) is 2.17. The summed E-state index contributed by atoms with van der Waals surface area (Å²) in [6.45, 7) is 4.04. The van der Waals surface area contributed by atoms with Crippen LogP contribution in [0.15, 0.2) is 0 Å². The van der Waals surface area contributed by atoms with Gasteiger partial charge < -0.3 is 10.6 Å². The molecule has 72 valence electrons. The first-order chi connectivity index (χ1) is 5.56. The van der Waals surface area contributed by atoms with Gasteiger partial charge in [0.05, 0.1) is 0 Å². The van der Waals surface area contributed by atoms with Gasteiger partial charge >= 0.3 is 0 Å². The molecule has 2 atom stereocenters. The Labute approximate surface area is 73.9 Å². The van der Waals surface area contributed by atoms with Crippen LogP contribution in [0.4, 0.5) is 4.39 Å². The zero-order valence-corrected chi connectivity index (χ0v) is 8.02. The van der Waals surface area contributed by atoms with Crippen LogP contribution in [-0.4, -0.2) is 37.3 Å². The maximum atomic E-state index is 13.9. The highest BCUT2D eigenvalue weighted by Crippen LogP contribution is 2.32. The highest BCUT2D eigenvalue weighted by Gasteiger charge is 2.36. The molecule has 0 amide bonds. The molecule has 0 aromatic carbocycles. The smallest absolute Gasteiger partial charge is 0.113 e. The van der Waals surface area contributed by atoms with Crippen LogP contribution in [0, 0.1) is 5.92 Å². The van der Waals surface area contributed by atoms with Crippen molar-refractivity contribution in [1.82, 2.24) is 4.90 Å². The van der Waals surface area contributed by atoms with Crippen LogP contribution >= 0.6 is 0 Å². The molecule has 0 aromatic heterocycles. The number of nitrogens with two attached hydrogens (primary N) is 1. The Kier molecular flexibility index (Phi) is 3.07. The van der Waals surface area contributed by atoms with Crippen molar-refractivity contribution >= 4 is 0 Å². The first-order valence-electron chi connectivity index (χ1n) is 4.64. The Bertz CT molecular complexity index is 147. The minimum Gasteiger partial charge on any atom is -0.330 e. The highest BCUT2D eigenvalue weighted by molar-refractivity contribution is 4.88. The van der Waals surface area contributed by atoms with E-state index >= 15 is 0 Å². The van der Waals surface area contributed by atoms with Crippen molar-refractivity contribution < 1.29 is 4.39 Å². The molecule has 1 fully saturated rings. The summed E-state index contributed by atoms with van der Waals surface area (Å²) in [5, 5.41) is 0. The second kappa shape index (κ2) is 3.71. The van der Waals surface area contributed by atoms with Crippen LogP contribution in [-0.2, 0) is 0 Å². The van der Waals surface area contributed by atoms with Gasteiger partial charge in [0, 0.05) is 12.5 Å². The van der Waals surface area contributed by atoms with E-state index in [0.717, 1.165) is 19.5 Å². The largest absolute Gasteiger partial charge is 0.330 e. The molecule has 2 unspecified atom stereocenters. The Morgan fingerprint density at radius 3 is 2.75 bits per heavy atom. The Morgan fingerprint density at radius 1 is 1.67 bits per heavy atom. The van der Waals surface area contributed by atoms with Crippen LogP contribution < -0.4 is 5.73 Å². The van der Waals surface area contributed by atoms with E-state index in [9.17, 15) is 4.39 Å². The van der Waals surface area contributed by atoms with Crippen LogP contribution in [0.5, 0.6) is 0 Å². The van der Waals surface area contributed by atoms with Crippen LogP contribution in [0.25, 0.3) is 0 Å². The molecular formula is C9H19FN2. The summed E-state index contributed by atoms with van der Waals surface area (Å²) < 4.78 is 13.9. The third-order valence-corrected chi connectivity index (χ3v) is 2.88. The summed E-state index contributed by atoms with van der Waals surface area (Å²) in [6.07, 6.45) is 1.47. The molecule has 0 radical (unpaired) electrons. The van der Waals surface area contributed by atoms with Gasteiger partial charge in [-0.05, 0) is 39.9 Å². The molecule has 1 aliphatic rings. The van der Waals surface area contributed by atoms with E-state index < -0.39 is 5.67 Å². The number of likely N-dealkylation sites (tertiary alicyclic amines) is 1. The maximum absolute atomic E-state index is 13.9. The minimum absolute atomic E-state index is 0.186. The second-order valence-electron chi connectivity index (χ2n) is 4.06. The zero-order valence-electron chi connectivity index (χ0n) is 8.02. The van der Waals surface area contributed by atoms with Crippen molar-refractivity contribution in [3.05, 3.63) is 0 Å². The lowest BCUT2D eigenvalue weighted by Crippen LogP contribution is -2.33. The predicted molar refractivity (Wildman–Crippen MR) is 48.8 cm³/mol. The van der Waals surface area contributed by atoms with Gasteiger partial charge in [-0.1, -0.05) is 0 Å². The number of alkyl halides is 1. The number of nitrogens with zero attached hydrogens (tertiary/aromatic N) is 1. The molecule has 12 heavy (non-hydrogen) atoms. The lowest BCUT2D eigenvalue weighted by Gasteiger charge is -2.26. The molecule has 2 nitrogen and oxygen atoms in total. The van der Waals surface area contributed by atoms with E-state index in [1.165, 1.54) is 0 Å². The molecule has 1 aliphatic heterocycles. The lowest BCUT2D eigenvalue weighted by atomic mass is 9.87. The summed E-state index contributed by atoms with van der Waals surface area (Å²) in [5.74, 6) is 0.186. The van der Waals surface area contributed by atoms with Crippen molar-refractivity contribution in [1.29, 1.82) is 0 Å². The van der Waals surface area contributed by atoms with Crippen molar-refractivity contribution in [2.45, 2.75) is 25.4 Å². The molecular weight excluding hydrogens is 155 g/mol. The van der Waals surface area contributed by atoms with Gasteiger partial charge in [-0.2, -0.15) is 0 Å². The summed E-state index contributed by atoms with van der Waals surface area (Å²) in [6, 6.07) is 0. The number of rotatable bonds is 3. The molecule has 0 aliphatic carbocycles. The van der Waals surface area contributed by atoms with Gasteiger partial charge in [0.1, 0.15) is 5.67 Å². The van der Waals surface area contributed by atoms with Gasteiger partial charge in [-0.15, -0.1) is 0 Å². The van der Waals surface area contributed by atoms with Gasteiger partial charge in [-0.3, -0.25) is 0 Å². The zero-order chi connectivity index (χ0) is 9.19. The molecule has 3 heteroatoms. The molecule has 1 heterocycles. The van der Waals surface area contributed by atoms with Crippen molar-refractivity contribution in [2.24, 2.45) is 11.7 Å². The van der Waals surface area contributed by atoms with E-state index in [4.69, 9.17) is 5.73 Å². The Morgan fingerprint density at radius 2 is 2.33 bits per heavy atom. The number of hydrogen-bond donors (Lipinski definition) is 1. The van der Waals surface area contributed by atoms with Crippen molar-refractivity contribution in [3.8, 4) is 0 Å². The van der Waals surface area contributed by atoms with E-state index in [2.05, 4.69) is 4.90 Å². The standard InChI is InChI=1S/C9H19FN2/c1-9(10,4-5-11)8-3-6-12(2)7-8/h8H,3-7,11H2,1-2H3. The molecule has 0 spiro atoms. The number of halogens is 1. The average Bonchev–Trinajstić information content (AvgIpc) is 2.36. The van der Waals surface area contributed by atoms with Crippen LogP contribution in [0.1, 0.15) is 19.8 Å². The summed E-state index contributed by atoms with van der Waals surface area (Å²) in [7, 11) is 2.04. The Hall–Kier alpha value is -0.150. The van der Waals surface area contributed by atoms with Gasteiger partial charge in [0.2, 0.25) is 0 Å². The predicted octanol–water partition coefficient (Wildman–Crippen LogP) is 1.02. The van der Waals surface area contributed by atoms with Gasteiger partial charge in [0.15, 0.2) is 0 Å². The van der Waals surface area contributed by atoms with E-state index in [0.29, 0.717) is 13.0 Å². The van der Waals surface area contributed by atoms with Crippen molar-refractivity contribution in [3.63, 3.8) is 0 Å². The monoisotopic (exact) mass is 174 g/mol. The van der Waals surface area contributed by atoms with E-state index in [1.54, 1.807) is 6.92 Å². The fourth-order valence-corrected chi connectivity index (χ4v) is 1.91. The third-order valence-electron chi connectivity index (χ3n) is 2.88. The van der Waals surface area contributed by atoms with Crippen molar-refractivity contribution in [2.75, 3.05) is 26.7 Å². The molecule has 0 bridgehead atoms. The molecule has 1 saturated heterocycles. The van der Waals surface area contributed by atoms with Gasteiger partial charge in [0.25, 0.3) is 0 Å². The summed E-state index contributed by atoms with van der Waals surface area (Å²) >= 11 is 0. The molecule has 1 rings (SSSR count). The maximum Gasteiger partial charge on any atom is 0.113 e. The quantitative estimate of drug-likeness (QED) is 0.692. The second-order valence-corrected chi connectivity index (χ2v) is 4.06. The van der Waals surface area contributed by atoms with Crippen LogP contribution in [0.2, 0.25) is 0 Å². The highest BCUT2D eigenvalue weighted by atomic mass is 19.1. The summed E-state index contributed by atoms with van der Waals surface area (Å²) in [5.41, 5.74) is 4.31. The first-order valence-corrected chi connectivity index (χ1v) is 4.64.